The van der Waals surface area contributed by atoms with Gasteiger partial charge in [0, 0.05) is 31.6 Å². The average Bonchev–Trinajstić information content (AvgIpc) is 0.852. The minimum Gasteiger partial charge on any atom is -0.508 e. The molecule has 115 heavy (non-hydrogen) atoms. The molecule has 40 heteroatoms. The minimum absolute atomic E-state index is 0.0205. The molecule has 3 aromatic carbocycles. The molecule has 0 saturated carbocycles. The number of aromatic hydroxyl groups is 2. The maximum atomic E-state index is 14.8. The Morgan fingerprint density at radius 1 is 0.426 bits per heavy atom. The number of rotatable bonds is 55. The van der Waals surface area contributed by atoms with Crippen molar-refractivity contribution < 1.29 is 92.3 Å². The van der Waals surface area contributed by atoms with Crippen LogP contribution in [0, 0.1) is 11.8 Å². The van der Waals surface area contributed by atoms with Crippen LogP contribution in [0.3, 0.4) is 0 Å². The molecule has 0 radical (unpaired) electrons. The van der Waals surface area contributed by atoms with Gasteiger partial charge in [0.15, 0.2) is 5.96 Å². The van der Waals surface area contributed by atoms with Crippen LogP contribution in [-0.2, 0) is 91.2 Å². The third-order valence-corrected chi connectivity index (χ3v) is 18.6. The lowest BCUT2D eigenvalue weighted by Gasteiger charge is -2.28. The van der Waals surface area contributed by atoms with Crippen LogP contribution in [0.4, 0.5) is 0 Å². The van der Waals surface area contributed by atoms with Crippen LogP contribution in [0.1, 0.15) is 128 Å². The number of phenols is 2. The first-order valence-corrected chi connectivity index (χ1v) is 39.7. The van der Waals surface area contributed by atoms with Crippen LogP contribution in [0.25, 0.3) is 0 Å². The van der Waals surface area contributed by atoms with E-state index in [0.29, 0.717) is 48.3 Å². The lowest BCUT2D eigenvalue weighted by atomic mass is 9.99. The van der Waals surface area contributed by atoms with E-state index in [1.165, 1.54) is 60.3 Å². The molecule has 3 rings (SSSR count). The molecule has 636 valence electrons. The van der Waals surface area contributed by atoms with E-state index in [2.05, 4.69) is 81.4 Å². The lowest BCUT2D eigenvalue weighted by molar-refractivity contribution is -0.143. The summed E-state index contributed by atoms with van der Waals surface area (Å²) in [5.74, 6) is -16.7. The number of phenolic OH excluding ortho intramolecular Hbond substituents is 2. The van der Waals surface area contributed by atoms with Gasteiger partial charge in [0.2, 0.25) is 76.8 Å². The fourth-order valence-electron chi connectivity index (χ4n) is 11.5. The zero-order valence-corrected chi connectivity index (χ0v) is 67.0. The molecule has 38 nitrogen and oxygen atoms in total. The number of nitrogens with one attached hydrogen (secondary N) is 12. The molecular formula is C75H115N19O19S2. The molecule has 0 aliphatic rings. The topological polar surface area (TPSA) is 650 Å². The number of amides is 13. The molecule has 0 spiro atoms. The van der Waals surface area contributed by atoms with E-state index in [1.807, 2.05) is 0 Å². The van der Waals surface area contributed by atoms with Crippen molar-refractivity contribution in [2.24, 2.45) is 51.2 Å². The number of nitrogens with zero attached hydrogens (tertiary/aromatic N) is 1. The zero-order chi connectivity index (χ0) is 85.9. The Kier molecular flexibility index (Phi) is 44.9. The van der Waals surface area contributed by atoms with Gasteiger partial charge in [-0.2, -0.15) is 24.4 Å². The van der Waals surface area contributed by atoms with Crippen molar-refractivity contribution in [1.82, 2.24) is 63.8 Å². The number of carboxylic acids is 2. The van der Waals surface area contributed by atoms with Crippen molar-refractivity contribution in [2.45, 2.75) is 203 Å². The number of carbonyl (C=O) groups is 15. The van der Waals surface area contributed by atoms with Crippen LogP contribution < -0.4 is 98.2 Å². The molecule has 0 saturated heterocycles. The molecule has 0 bridgehead atoms. The van der Waals surface area contributed by atoms with Crippen molar-refractivity contribution >= 4 is 119 Å². The van der Waals surface area contributed by atoms with Gasteiger partial charge in [-0.25, -0.2) is 4.79 Å². The Balaban J connectivity index is 1.98. The van der Waals surface area contributed by atoms with Gasteiger partial charge >= 0.3 is 11.9 Å². The molecule has 0 heterocycles. The van der Waals surface area contributed by atoms with Gasteiger partial charge in [-0.05, 0) is 142 Å². The molecule has 0 unspecified atom stereocenters. The quantitative estimate of drug-likeness (QED) is 0.0112. The van der Waals surface area contributed by atoms with Crippen LogP contribution >= 0.6 is 24.4 Å². The minimum atomic E-state index is -1.83. The van der Waals surface area contributed by atoms with Crippen molar-refractivity contribution in [3.63, 3.8) is 0 Å². The summed E-state index contributed by atoms with van der Waals surface area (Å²) >= 11 is 5.69. The molecule has 13 amide bonds. The van der Waals surface area contributed by atoms with Crippen molar-refractivity contribution in [2.75, 3.05) is 43.9 Å². The molecule has 0 aromatic heterocycles. The van der Waals surface area contributed by atoms with Crippen LogP contribution in [-0.4, -0.2) is 232 Å². The predicted molar refractivity (Wildman–Crippen MR) is 431 cm³/mol. The Hall–Kier alpha value is -10.8. The second-order valence-corrected chi connectivity index (χ2v) is 29.7. The number of hydrogen-bond acceptors (Lipinski definition) is 23. The van der Waals surface area contributed by atoms with Gasteiger partial charge in [-0.15, -0.1) is 0 Å². The SMILES string of the molecule is CSCC[C@H](NC(=O)[C@H](CC(=O)O)NC(=O)[C@H](CCCCN)NC(=O)[C@H](CCCN=C(N)N)NC(=O)[C@H](Cc1ccccc1)NC(=O)[C@H](CS)NC(=O)[C@H](Cc1ccc(O)cc1)NC(=O)[C@H](CC(C)C)NC(=O)[C@H](CC(C)C)NC(=O)CNC(=O)[C@H](Cc1ccc(O)cc1)NC(=O)[C@H](CC(N)=O)NC(=O)[C@@H](N)CCCCN)C(=O)O. The number of thioether (sulfide) groups is 1. The molecule has 0 aliphatic heterocycles. The number of guanidine groups is 1. The van der Waals surface area contributed by atoms with Crippen LogP contribution in [0.5, 0.6) is 11.5 Å². The largest absolute Gasteiger partial charge is 0.508 e. The Bertz CT molecular complexity index is 3730. The van der Waals surface area contributed by atoms with Gasteiger partial charge < -0.3 is 119 Å². The molecule has 3 aromatic rings. The Labute approximate surface area is 677 Å². The van der Waals surface area contributed by atoms with Gasteiger partial charge in [0.1, 0.15) is 78.0 Å². The van der Waals surface area contributed by atoms with E-state index < -0.39 is 186 Å². The van der Waals surface area contributed by atoms with Crippen LogP contribution in [0.15, 0.2) is 83.9 Å². The number of benzene rings is 3. The fourth-order valence-corrected chi connectivity index (χ4v) is 12.3. The maximum Gasteiger partial charge on any atom is 0.326 e. The number of carboxylic acid groups (broad SMARTS) is 2. The fraction of sp³-hybridized carbons (Fsp3) is 0.547. The van der Waals surface area contributed by atoms with Gasteiger partial charge in [-0.1, -0.05) is 88.7 Å². The number of carbonyl (C=O) groups excluding carboxylic acids is 13. The van der Waals surface area contributed by atoms with E-state index in [4.69, 9.17) is 34.4 Å². The van der Waals surface area contributed by atoms with E-state index in [0.717, 1.165) is 0 Å². The number of unbranched alkanes of at least 4 members (excludes halogenated alkanes) is 2. The summed E-state index contributed by atoms with van der Waals surface area (Å²) in [6.45, 7) is 6.63. The highest BCUT2D eigenvalue weighted by atomic mass is 32.2. The molecule has 28 N–H and O–H groups in total. The van der Waals surface area contributed by atoms with Crippen molar-refractivity contribution in [3.05, 3.63) is 95.6 Å². The monoisotopic (exact) mass is 1650 g/mol. The smallest absolute Gasteiger partial charge is 0.326 e. The van der Waals surface area contributed by atoms with Crippen molar-refractivity contribution in [3.8, 4) is 11.5 Å². The number of aliphatic imine (C=N–C) groups is 1. The Morgan fingerprint density at radius 3 is 1.24 bits per heavy atom. The maximum absolute atomic E-state index is 14.8. The van der Waals surface area contributed by atoms with Crippen molar-refractivity contribution in [1.29, 1.82) is 0 Å². The third kappa shape index (κ3) is 38.7. The normalized spacial score (nSPS) is 14.2. The standard InChI is InChI=1S/C75H115N19O19S2/c1-41(2)32-52(84-61(98)39-83-64(102)54(35-44-19-23-46(95)24-20-44)90-71(109)57(37-60(79)97)88-63(101)48(78)16-9-11-28-76)67(105)89-53(33-42(3)4)68(106)91-56(36-45-21-25-47(96)26-22-45)70(108)94-59(40-114)73(111)92-55(34-43-14-7-6-8-15-43)69(107)86-50(18-13-30-82-75(80)81)65(103)85-49(17-10-12-29-77)66(104)93-58(38-62(99)100)72(110)87-51(74(112)113)27-31-115-5/h6-8,14-15,19-26,41-42,48-59,95-96,114H,9-13,16-18,27-40,76-78H2,1-5H3,(H2,79,97)(H,83,102)(H,84,98)(H,85,103)(H,86,107)(H,87,110)(H,88,101)(H,89,105)(H,90,109)(H,91,106)(H,92,111)(H,93,104)(H,94,108)(H,99,100)(H,112,113)(H4,80,81,82)/t48-,49-,50-,51-,52-,53-,54-,55-,56-,57-,58-,59-/m0/s1. The van der Waals surface area contributed by atoms with E-state index in [1.54, 1.807) is 64.3 Å². The van der Waals surface area contributed by atoms with Gasteiger partial charge in [-0.3, -0.25) is 72.1 Å². The second-order valence-electron chi connectivity index (χ2n) is 28.3. The number of nitrogens with two attached hydrogens (primary N) is 6. The van der Waals surface area contributed by atoms with E-state index >= 15 is 0 Å². The summed E-state index contributed by atoms with van der Waals surface area (Å²) in [4.78, 5) is 211. The molecule has 12 atom stereocenters. The Morgan fingerprint density at radius 2 is 0.800 bits per heavy atom. The summed E-state index contributed by atoms with van der Waals surface area (Å²) in [6.07, 6.45) is 0.616. The lowest BCUT2D eigenvalue weighted by Crippen LogP contribution is -2.61. The van der Waals surface area contributed by atoms with Gasteiger partial charge in [0.25, 0.3) is 0 Å². The van der Waals surface area contributed by atoms with E-state index in [-0.39, 0.29) is 113 Å². The number of thiol groups is 1. The van der Waals surface area contributed by atoms with Crippen LogP contribution in [0.2, 0.25) is 0 Å². The van der Waals surface area contributed by atoms with E-state index in [9.17, 15) is 92.3 Å². The first-order chi connectivity index (χ1) is 54.5. The predicted octanol–water partition coefficient (Wildman–Crippen LogP) is -3.58. The number of primary amides is 1. The summed E-state index contributed by atoms with van der Waals surface area (Å²) in [5, 5.41) is 70.1. The highest BCUT2D eigenvalue weighted by Gasteiger charge is 2.38. The summed E-state index contributed by atoms with van der Waals surface area (Å²) < 4.78 is 0. The summed E-state index contributed by atoms with van der Waals surface area (Å²) in [7, 11) is 0. The zero-order valence-electron chi connectivity index (χ0n) is 65.3. The van der Waals surface area contributed by atoms with Gasteiger partial charge in [0.05, 0.1) is 25.4 Å². The molecule has 0 fully saturated rings. The first-order valence-electron chi connectivity index (χ1n) is 37.7. The third-order valence-electron chi connectivity index (χ3n) is 17.6. The molecular weight excluding hydrogens is 1540 g/mol. The highest BCUT2D eigenvalue weighted by molar-refractivity contribution is 7.98. The summed E-state index contributed by atoms with van der Waals surface area (Å²) in [6, 6.07) is 1.42. The summed E-state index contributed by atoms with van der Waals surface area (Å²) in [5.41, 5.74) is 35.3. The number of aliphatic carboxylic acids is 2. The average molecular weight is 1650 g/mol. The first kappa shape index (κ1) is 98.4. The molecule has 0 aliphatic carbocycles. The second kappa shape index (κ2) is 52.5. The highest BCUT2D eigenvalue weighted by Crippen LogP contribution is 2.17. The number of hydrogen-bond donors (Lipinski definition) is 23.